The Morgan fingerprint density at radius 3 is 1.76 bits per heavy atom. The molecule has 2 rings (SSSR count). The van der Waals surface area contributed by atoms with Crippen molar-refractivity contribution >= 4 is 0 Å². The molecule has 6 heteroatoms. The Kier molecular flexibility index (Phi) is 3.89. The van der Waals surface area contributed by atoms with E-state index in [1.165, 1.54) is 0 Å². The molecule has 0 radical (unpaired) electrons. The first-order chi connectivity index (χ1) is 8.35. The number of aryl methyl sites for hydroxylation is 2. The minimum Gasteiger partial charge on any atom is -0.390 e. The molecule has 0 saturated heterocycles. The van der Waals surface area contributed by atoms with Crippen LogP contribution in [0.25, 0.3) is 0 Å². The zero-order chi connectivity index (χ0) is 12.1. The quantitative estimate of drug-likeness (QED) is 0.748. The van der Waals surface area contributed by atoms with Gasteiger partial charge >= 0.3 is 0 Å². The molecule has 17 heavy (non-hydrogen) atoms. The van der Waals surface area contributed by atoms with Gasteiger partial charge in [0.1, 0.15) is 0 Å². The molecule has 0 saturated carbocycles. The van der Waals surface area contributed by atoms with Gasteiger partial charge in [-0.3, -0.25) is 9.36 Å². The lowest BCUT2D eigenvalue weighted by atomic mass is 10.3. The highest BCUT2D eigenvalue weighted by atomic mass is 16.3. The Bertz CT molecular complexity index is 421. The van der Waals surface area contributed by atoms with Crippen LogP contribution in [0.15, 0.2) is 24.5 Å². The summed E-state index contributed by atoms with van der Waals surface area (Å²) in [5.41, 5.74) is 1.63. The molecule has 6 nitrogen and oxygen atoms in total. The Morgan fingerprint density at radius 1 is 0.882 bits per heavy atom. The van der Waals surface area contributed by atoms with Gasteiger partial charge in [0.25, 0.3) is 0 Å². The lowest BCUT2D eigenvalue weighted by Crippen LogP contribution is -2.10. The van der Waals surface area contributed by atoms with Crippen molar-refractivity contribution in [3.8, 4) is 0 Å². The second kappa shape index (κ2) is 5.60. The van der Waals surface area contributed by atoms with Crippen molar-refractivity contribution in [2.24, 2.45) is 0 Å². The number of aliphatic hydroxyl groups excluding tert-OH is 2. The topological polar surface area (TPSA) is 76.1 Å². The summed E-state index contributed by atoms with van der Waals surface area (Å²) in [7, 11) is 0. The molecule has 0 spiro atoms. The Balaban J connectivity index is 1.87. The summed E-state index contributed by atoms with van der Waals surface area (Å²) in [5.74, 6) is 0. The first-order valence-electron chi connectivity index (χ1n) is 5.58. The summed E-state index contributed by atoms with van der Waals surface area (Å²) >= 11 is 0. The van der Waals surface area contributed by atoms with Gasteiger partial charge in [-0.1, -0.05) is 0 Å². The third-order valence-electron chi connectivity index (χ3n) is 2.67. The van der Waals surface area contributed by atoms with Gasteiger partial charge in [-0.25, -0.2) is 0 Å². The average Bonchev–Trinajstić information content (AvgIpc) is 2.97. The molecule has 0 unspecified atom stereocenters. The number of hydrogen-bond donors (Lipinski definition) is 2. The van der Waals surface area contributed by atoms with E-state index in [9.17, 15) is 0 Å². The number of hydrogen-bond acceptors (Lipinski definition) is 4. The normalized spacial score (nSPS) is 10.9. The molecule has 0 bridgehead atoms. The monoisotopic (exact) mass is 236 g/mol. The summed E-state index contributed by atoms with van der Waals surface area (Å²) in [5, 5.41) is 26.4. The minimum absolute atomic E-state index is 0.00363. The molecule has 2 aromatic rings. The highest BCUT2D eigenvalue weighted by Crippen LogP contribution is 2.03. The number of aliphatic hydroxyl groups is 2. The van der Waals surface area contributed by atoms with E-state index in [1.54, 1.807) is 33.9 Å². The molecule has 0 fully saturated rings. The molecule has 0 aromatic carbocycles. The van der Waals surface area contributed by atoms with Crippen LogP contribution in [0.2, 0.25) is 0 Å². The van der Waals surface area contributed by atoms with Crippen molar-refractivity contribution in [3.63, 3.8) is 0 Å². The van der Waals surface area contributed by atoms with Crippen molar-refractivity contribution < 1.29 is 10.2 Å². The van der Waals surface area contributed by atoms with Gasteiger partial charge in [-0.05, 0) is 18.6 Å². The Morgan fingerprint density at radius 2 is 1.35 bits per heavy atom. The smallest absolute Gasteiger partial charge is 0.0849 e. The SMILES string of the molecule is OCc1ccnn1CCCn1nccc1CO. The van der Waals surface area contributed by atoms with E-state index in [-0.39, 0.29) is 13.2 Å². The van der Waals surface area contributed by atoms with E-state index in [1.807, 2.05) is 0 Å². The van der Waals surface area contributed by atoms with Gasteiger partial charge in [-0.15, -0.1) is 0 Å². The zero-order valence-corrected chi connectivity index (χ0v) is 9.53. The van der Waals surface area contributed by atoms with Crippen LogP contribution >= 0.6 is 0 Å². The number of rotatable bonds is 6. The van der Waals surface area contributed by atoms with E-state index >= 15 is 0 Å². The molecule has 2 heterocycles. The highest BCUT2D eigenvalue weighted by molar-refractivity contribution is 4.99. The van der Waals surface area contributed by atoms with E-state index in [4.69, 9.17) is 10.2 Å². The number of nitrogens with zero attached hydrogens (tertiary/aromatic N) is 4. The van der Waals surface area contributed by atoms with E-state index in [0.29, 0.717) is 0 Å². The van der Waals surface area contributed by atoms with Crippen LogP contribution in [0.3, 0.4) is 0 Å². The van der Waals surface area contributed by atoms with Gasteiger partial charge in [0.05, 0.1) is 24.6 Å². The van der Waals surface area contributed by atoms with Crippen LogP contribution in [0, 0.1) is 0 Å². The summed E-state index contributed by atoms with van der Waals surface area (Å²) < 4.78 is 3.56. The van der Waals surface area contributed by atoms with Gasteiger partial charge in [0, 0.05) is 25.5 Å². The maximum absolute atomic E-state index is 9.06. The predicted molar refractivity (Wildman–Crippen MR) is 60.9 cm³/mol. The minimum atomic E-state index is 0.00363. The van der Waals surface area contributed by atoms with Gasteiger partial charge in [0.2, 0.25) is 0 Å². The van der Waals surface area contributed by atoms with Gasteiger partial charge < -0.3 is 10.2 Å². The standard InChI is InChI=1S/C11H16N4O2/c16-8-10-2-4-12-14(10)6-1-7-15-11(9-17)3-5-13-15/h2-5,16-17H,1,6-9H2. The van der Waals surface area contributed by atoms with E-state index in [0.717, 1.165) is 30.9 Å². The Hall–Kier alpha value is -1.66. The number of aromatic nitrogens is 4. The summed E-state index contributed by atoms with van der Waals surface area (Å²) in [6.07, 6.45) is 4.21. The summed E-state index contributed by atoms with van der Waals surface area (Å²) in [4.78, 5) is 0. The largest absolute Gasteiger partial charge is 0.390 e. The second-order valence-electron chi connectivity index (χ2n) is 3.76. The van der Waals surface area contributed by atoms with Crippen molar-refractivity contribution in [1.29, 1.82) is 0 Å². The maximum Gasteiger partial charge on any atom is 0.0849 e. The van der Waals surface area contributed by atoms with Crippen LogP contribution in [-0.4, -0.2) is 29.8 Å². The van der Waals surface area contributed by atoms with Gasteiger partial charge in [-0.2, -0.15) is 10.2 Å². The molecule has 0 aliphatic rings. The van der Waals surface area contributed by atoms with Crippen molar-refractivity contribution in [1.82, 2.24) is 19.6 Å². The zero-order valence-electron chi connectivity index (χ0n) is 9.53. The van der Waals surface area contributed by atoms with Gasteiger partial charge in [0.15, 0.2) is 0 Å². The molecule has 0 atom stereocenters. The van der Waals surface area contributed by atoms with Crippen molar-refractivity contribution in [2.75, 3.05) is 0 Å². The predicted octanol–water partition coefficient (Wildman–Crippen LogP) is 0.155. The van der Waals surface area contributed by atoms with Crippen LogP contribution in [0.4, 0.5) is 0 Å². The molecule has 0 aliphatic carbocycles. The lowest BCUT2D eigenvalue weighted by Gasteiger charge is -2.07. The fourth-order valence-electron chi connectivity index (χ4n) is 1.76. The van der Waals surface area contributed by atoms with Crippen molar-refractivity contribution in [2.45, 2.75) is 32.7 Å². The summed E-state index contributed by atoms with van der Waals surface area (Å²) in [6.45, 7) is 1.47. The molecule has 2 N–H and O–H groups in total. The highest BCUT2D eigenvalue weighted by Gasteiger charge is 2.03. The molecule has 0 aliphatic heterocycles. The third-order valence-corrected chi connectivity index (χ3v) is 2.67. The molecular formula is C11H16N4O2. The van der Waals surface area contributed by atoms with Crippen LogP contribution in [-0.2, 0) is 26.3 Å². The fraction of sp³-hybridized carbons (Fsp3) is 0.455. The fourth-order valence-corrected chi connectivity index (χ4v) is 1.76. The summed E-state index contributed by atoms with van der Waals surface area (Å²) in [6, 6.07) is 3.60. The van der Waals surface area contributed by atoms with Crippen LogP contribution in [0.1, 0.15) is 17.8 Å². The third kappa shape index (κ3) is 2.72. The van der Waals surface area contributed by atoms with Crippen molar-refractivity contribution in [3.05, 3.63) is 35.9 Å². The first kappa shape index (κ1) is 11.8. The first-order valence-corrected chi connectivity index (χ1v) is 5.58. The molecular weight excluding hydrogens is 220 g/mol. The second-order valence-corrected chi connectivity index (χ2v) is 3.76. The molecule has 92 valence electrons. The van der Waals surface area contributed by atoms with E-state index < -0.39 is 0 Å². The van der Waals surface area contributed by atoms with Crippen LogP contribution in [0.5, 0.6) is 0 Å². The van der Waals surface area contributed by atoms with E-state index in [2.05, 4.69) is 10.2 Å². The average molecular weight is 236 g/mol. The van der Waals surface area contributed by atoms with Crippen LogP contribution < -0.4 is 0 Å². The Labute approximate surface area is 99.1 Å². The molecule has 2 aromatic heterocycles. The lowest BCUT2D eigenvalue weighted by molar-refractivity contribution is 0.262. The molecule has 0 amide bonds. The maximum atomic E-state index is 9.06.